The van der Waals surface area contributed by atoms with Crippen molar-refractivity contribution in [3.63, 3.8) is 0 Å². The number of nitrogens with one attached hydrogen (secondary N) is 1. The number of benzene rings is 1. The van der Waals surface area contributed by atoms with Crippen LogP contribution < -0.4 is 5.32 Å². The summed E-state index contributed by atoms with van der Waals surface area (Å²) in [5.41, 5.74) is 6.00. The van der Waals surface area contributed by atoms with E-state index in [2.05, 4.69) is 21.4 Å². The van der Waals surface area contributed by atoms with Gasteiger partial charge in [0.15, 0.2) is 0 Å². The maximum absolute atomic E-state index is 9.45. The minimum absolute atomic E-state index is 0.00316. The Morgan fingerprint density at radius 1 is 1.22 bits per heavy atom. The van der Waals surface area contributed by atoms with Crippen molar-refractivity contribution in [2.75, 3.05) is 17.6 Å². The Morgan fingerprint density at radius 2 is 2.12 bits per heavy atom. The second-order valence-electron chi connectivity index (χ2n) is 7.40. The van der Waals surface area contributed by atoms with Crippen LogP contribution in [0.3, 0.4) is 0 Å². The summed E-state index contributed by atoms with van der Waals surface area (Å²) in [6.07, 6.45) is 5.11. The lowest BCUT2D eigenvalue weighted by Crippen LogP contribution is -2.06. The second kappa shape index (κ2) is 8.65. The van der Waals surface area contributed by atoms with Crippen LogP contribution in [0.1, 0.15) is 21.9 Å². The van der Waals surface area contributed by atoms with Crippen molar-refractivity contribution in [1.82, 2.24) is 19.7 Å². The molecule has 4 heterocycles. The van der Waals surface area contributed by atoms with Crippen LogP contribution in [0.5, 0.6) is 0 Å². The molecule has 32 heavy (non-hydrogen) atoms. The van der Waals surface area contributed by atoms with Gasteiger partial charge in [-0.05, 0) is 35.4 Å². The third-order valence-corrected chi connectivity index (χ3v) is 7.06. The van der Waals surface area contributed by atoms with Gasteiger partial charge in [0.1, 0.15) is 11.5 Å². The van der Waals surface area contributed by atoms with Gasteiger partial charge >= 0.3 is 0 Å². The van der Waals surface area contributed by atoms with Crippen LogP contribution in [0.2, 0.25) is 5.02 Å². The van der Waals surface area contributed by atoms with Crippen molar-refractivity contribution in [1.29, 1.82) is 5.26 Å². The van der Waals surface area contributed by atoms with Crippen LogP contribution in [-0.4, -0.2) is 32.0 Å². The zero-order chi connectivity index (χ0) is 22.1. The quantitative estimate of drug-likeness (QED) is 0.447. The number of hydrogen-bond donors (Lipinski definition) is 1. The molecule has 0 fully saturated rings. The molecule has 0 spiro atoms. The fourth-order valence-electron chi connectivity index (χ4n) is 3.99. The lowest BCUT2D eigenvalue weighted by Gasteiger charge is -2.18. The van der Waals surface area contributed by atoms with E-state index in [4.69, 9.17) is 16.7 Å². The highest BCUT2D eigenvalue weighted by atomic mass is 35.5. The first-order valence-electron chi connectivity index (χ1n) is 10.1. The first-order chi connectivity index (χ1) is 15.7. The van der Waals surface area contributed by atoms with Crippen LogP contribution >= 0.6 is 23.4 Å². The van der Waals surface area contributed by atoms with Crippen LogP contribution in [-0.2, 0) is 7.05 Å². The van der Waals surface area contributed by atoms with E-state index in [1.54, 1.807) is 24.7 Å². The minimum atomic E-state index is -0.00316. The SMILES string of the molecule is Cn1nc(-c2ccccn2)c2c1NCCSC2c1ccc(-c2cnccc2C#N)cc1Cl. The third kappa shape index (κ3) is 3.62. The number of pyridine rings is 2. The molecule has 8 heteroatoms. The number of thioether (sulfide) groups is 1. The average Bonchev–Trinajstić information content (AvgIpc) is 3.01. The van der Waals surface area contributed by atoms with E-state index in [0.29, 0.717) is 10.6 Å². The summed E-state index contributed by atoms with van der Waals surface area (Å²) in [5, 5.41) is 18.4. The summed E-state index contributed by atoms with van der Waals surface area (Å²) >= 11 is 8.69. The molecule has 1 unspecified atom stereocenters. The van der Waals surface area contributed by atoms with E-state index in [1.165, 1.54) is 0 Å². The molecule has 158 valence electrons. The number of fused-ring (bicyclic) bond motifs is 1. The Hall–Kier alpha value is -3.34. The van der Waals surface area contributed by atoms with Gasteiger partial charge in [0, 0.05) is 54.1 Å². The summed E-state index contributed by atoms with van der Waals surface area (Å²) in [6.45, 7) is 0.840. The molecule has 3 aromatic heterocycles. The molecule has 6 nitrogen and oxygen atoms in total. The van der Waals surface area contributed by atoms with Gasteiger partial charge in [0.2, 0.25) is 0 Å². The smallest absolute Gasteiger partial charge is 0.129 e. The van der Waals surface area contributed by atoms with Gasteiger partial charge < -0.3 is 5.32 Å². The van der Waals surface area contributed by atoms with Gasteiger partial charge in [0.25, 0.3) is 0 Å². The highest BCUT2D eigenvalue weighted by Crippen LogP contribution is 2.47. The monoisotopic (exact) mass is 458 g/mol. The fourth-order valence-corrected chi connectivity index (χ4v) is 5.58. The minimum Gasteiger partial charge on any atom is -0.369 e. The predicted molar refractivity (Wildman–Crippen MR) is 129 cm³/mol. The Bertz CT molecular complexity index is 1330. The van der Waals surface area contributed by atoms with E-state index in [9.17, 15) is 5.26 Å². The largest absolute Gasteiger partial charge is 0.369 e. The van der Waals surface area contributed by atoms with E-state index >= 15 is 0 Å². The fraction of sp³-hybridized carbons (Fsp3) is 0.167. The number of aromatic nitrogens is 4. The molecule has 1 atom stereocenters. The molecule has 1 aliphatic rings. The molecule has 5 rings (SSSR count). The number of anilines is 1. The maximum Gasteiger partial charge on any atom is 0.129 e. The van der Waals surface area contributed by atoms with Gasteiger partial charge in [0.05, 0.1) is 22.6 Å². The summed E-state index contributed by atoms with van der Waals surface area (Å²) in [6, 6.07) is 15.8. The number of halogens is 1. The van der Waals surface area contributed by atoms with Crippen LogP contribution in [0.4, 0.5) is 5.82 Å². The molecule has 1 aromatic carbocycles. The molecule has 0 amide bonds. The molecule has 0 bridgehead atoms. The zero-order valence-corrected chi connectivity index (χ0v) is 18.9. The van der Waals surface area contributed by atoms with Crippen molar-refractivity contribution in [3.8, 4) is 28.6 Å². The van der Waals surface area contributed by atoms with Crippen molar-refractivity contribution in [2.45, 2.75) is 5.25 Å². The number of nitriles is 1. The normalized spacial score (nSPS) is 15.3. The zero-order valence-electron chi connectivity index (χ0n) is 17.3. The summed E-state index contributed by atoms with van der Waals surface area (Å²) in [5.74, 6) is 1.92. The molecular weight excluding hydrogens is 440 g/mol. The molecule has 0 saturated carbocycles. The number of rotatable bonds is 3. The third-order valence-electron chi connectivity index (χ3n) is 5.47. The van der Waals surface area contributed by atoms with Gasteiger partial charge in [-0.15, -0.1) is 11.8 Å². The molecule has 4 aromatic rings. The lowest BCUT2D eigenvalue weighted by atomic mass is 9.97. The van der Waals surface area contributed by atoms with Gasteiger partial charge in [-0.1, -0.05) is 29.8 Å². The highest BCUT2D eigenvalue weighted by Gasteiger charge is 2.30. The molecule has 0 radical (unpaired) electrons. The molecule has 0 aliphatic carbocycles. The van der Waals surface area contributed by atoms with E-state index in [1.807, 2.05) is 59.9 Å². The number of nitrogens with zero attached hydrogens (tertiary/aromatic N) is 5. The van der Waals surface area contributed by atoms with Crippen LogP contribution in [0.15, 0.2) is 61.1 Å². The second-order valence-corrected chi connectivity index (χ2v) is 9.02. The van der Waals surface area contributed by atoms with E-state index in [0.717, 1.165) is 51.8 Å². The standard InChI is InChI=1S/C24H19ClN6S/c1-31-24-21(22(30-31)20-4-2-3-8-28-20)23(32-11-10-29-24)17-6-5-15(12-19(17)25)18-14-27-9-7-16(18)13-26/h2-9,12,14,23,29H,10-11H2,1H3. The Morgan fingerprint density at radius 3 is 2.91 bits per heavy atom. The Labute approximate surface area is 195 Å². The number of aryl methyl sites for hydroxylation is 1. The van der Waals surface area contributed by atoms with Crippen molar-refractivity contribution >= 4 is 29.2 Å². The first kappa shape index (κ1) is 20.6. The maximum atomic E-state index is 9.45. The lowest BCUT2D eigenvalue weighted by molar-refractivity contribution is 0.773. The van der Waals surface area contributed by atoms with Gasteiger partial charge in [-0.2, -0.15) is 10.4 Å². The van der Waals surface area contributed by atoms with E-state index < -0.39 is 0 Å². The molecule has 1 aliphatic heterocycles. The van der Waals surface area contributed by atoms with Crippen molar-refractivity contribution in [3.05, 3.63) is 82.8 Å². The highest BCUT2D eigenvalue weighted by molar-refractivity contribution is 7.99. The summed E-state index contributed by atoms with van der Waals surface area (Å²) < 4.78 is 1.88. The van der Waals surface area contributed by atoms with Crippen molar-refractivity contribution < 1.29 is 0 Å². The van der Waals surface area contributed by atoms with E-state index in [-0.39, 0.29) is 5.25 Å². The number of hydrogen-bond acceptors (Lipinski definition) is 6. The first-order valence-corrected chi connectivity index (χ1v) is 11.6. The van der Waals surface area contributed by atoms with Crippen LogP contribution in [0.25, 0.3) is 22.5 Å². The van der Waals surface area contributed by atoms with Gasteiger partial charge in [-0.3, -0.25) is 14.6 Å². The summed E-state index contributed by atoms with van der Waals surface area (Å²) in [7, 11) is 1.95. The predicted octanol–water partition coefficient (Wildman–Crippen LogP) is 5.32. The topological polar surface area (TPSA) is 79.4 Å². The Balaban J connectivity index is 1.63. The molecular formula is C24H19ClN6S. The Kier molecular flexibility index (Phi) is 5.56. The summed E-state index contributed by atoms with van der Waals surface area (Å²) in [4.78, 5) is 8.72. The average molecular weight is 459 g/mol. The van der Waals surface area contributed by atoms with Crippen molar-refractivity contribution in [2.24, 2.45) is 7.05 Å². The molecule has 0 saturated heterocycles. The molecule has 1 N–H and O–H groups in total. The van der Waals surface area contributed by atoms with Gasteiger partial charge in [-0.25, -0.2) is 0 Å². The van der Waals surface area contributed by atoms with Crippen LogP contribution in [0, 0.1) is 11.3 Å².